The van der Waals surface area contributed by atoms with E-state index in [1.807, 2.05) is 6.08 Å². The zero-order valence-corrected chi connectivity index (χ0v) is 43.3. The van der Waals surface area contributed by atoms with E-state index in [9.17, 15) is 0 Å². The molecule has 0 radical (unpaired) electrons. The summed E-state index contributed by atoms with van der Waals surface area (Å²) in [6.45, 7) is 13.8. The van der Waals surface area contributed by atoms with E-state index in [4.69, 9.17) is 0 Å². The molecular formula is C75H55N. The average Bonchev–Trinajstić information content (AvgIpc) is 4.28. The fourth-order valence-corrected chi connectivity index (χ4v) is 14.2. The van der Waals surface area contributed by atoms with E-state index >= 15 is 0 Å². The van der Waals surface area contributed by atoms with Gasteiger partial charge in [0, 0.05) is 27.9 Å². The quantitative estimate of drug-likeness (QED) is 0.154. The highest BCUT2D eigenvalue weighted by Gasteiger charge is 2.52. The molecule has 0 saturated carbocycles. The minimum Gasteiger partial charge on any atom is -0.310 e. The van der Waals surface area contributed by atoms with Crippen LogP contribution in [0.5, 0.6) is 0 Å². The van der Waals surface area contributed by atoms with Crippen LogP contribution in [0, 0.1) is 0 Å². The molecular weight excluding hydrogens is 915 g/mol. The third-order valence-corrected chi connectivity index (χ3v) is 17.9. The lowest BCUT2D eigenvalue weighted by molar-refractivity contribution is 0.660. The van der Waals surface area contributed by atoms with Crippen LogP contribution in [0.2, 0.25) is 0 Å². The summed E-state index contributed by atoms with van der Waals surface area (Å²) in [6.07, 6.45) is 1.98. The first kappa shape index (κ1) is 44.4. The lowest BCUT2D eigenvalue weighted by Crippen LogP contribution is -2.26. The van der Waals surface area contributed by atoms with Gasteiger partial charge in [0.25, 0.3) is 0 Å². The van der Waals surface area contributed by atoms with E-state index in [1.54, 1.807) is 0 Å². The predicted molar refractivity (Wildman–Crippen MR) is 319 cm³/mol. The van der Waals surface area contributed by atoms with Gasteiger partial charge in [0.1, 0.15) is 0 Å². The number of anilines is 3. The van der Waals surface area contributed by atoms with Crippen LogP contribution in [-0.2, 0) is 16.2 Å². The molecule has 4 aliphatic rings. The van der Waals surface area contributed by atoms with Crippen molar-refractivity contribution in [2.24, 2.45) is 0 Å². The lowest BCUT2D eigenvalue weighted by atomic mass is 9.70. The maximum Gasteiger partial charge on any atom is 0.0725 e. The van der Waals surface area contributed by atoms with Gasteiger partial charge in [-0.05, 0) is 183 Å². The third-order valence-electron chi connectivity index (χ3n) is 17.9. The summed E-state index contributed by atoms with van der Waals surface area (Å²) in [5.74, 6) is 0. The summed E-state index contributed by atoms with van der Waals surface area (Å²) in [7, 11) is 0. The van der Waals surface area contributed by atoms with Crippen molar-refractivity contribution >= 4 is 23.1 Å². The molecule has 360 valence electrons. The largest absolute Gasteiger partial charge is 0.310 e. The van der Waals surface area contributed by atoms with Crippen molar-refractivity contribution in [2.45, 2.75) is 43.9 Å². The van der Waals surface area contributed by atoms with E-state index in [1.165, 1.54) is 122 Å². The van der Waals surface area contributed by atoms with Crippen LogP contribution in [0.4, 0.5) is 17.1 Å². The van der Waals surface area contributed by atoms with Crippen LogP contribution in [0.3, 0.4) is 0 Å². The number of hydrogen-bond donors (Lipinski definition) is 0. The lowest BCUT2D eigenvalue weighted by Gasteiger charge is -2.31. The van der Waals surface area contributed by atoms with E-state index < -0.39 is 5.41 Å². The number of benzene rings is 11. The van der Waals surface area contributed by atoms with Crippen LogP contribution in [0.15, 0.2) is 249 Å². The van der Waals surface area contributed by atoms with Crippen LogP contribution >= 0.6 is 0 Å². The molecule has 1 unspecified atom stereocenters. The van der Waals surface area contributed by atoms with Crippen molar-refractivity contribution < 1.29 is 0 Å². The molecule has 76 heavy (non-hydrogen) atoms. The van der Waals surface area contributed by atoms with E-state index in [2.05, 4.69) is 282 Å². The number of hydrogen-bond acceptors (Lipinski definition) is 1. The van der Waals surface area contributed by atoms with Gasteiger partial charge >= 0.3 is 0 Å². The second-order valence-electron chi connectivity index (χ2n) is 22.4. The standard InChI is InChI=1S/C75H55N/c1-6-47-18-10-11-21-56(47)52-32-39-62-59-24-14-17-27-68(59)75(72(62)44-52)67-26-16-13-23-58(67)61-37-30-51(43-71(61)75)50-31-38-63-64-45-54(36-41-66(64)74(4,5)69(63)42-50)76(53-33-28-49(29-34-53)48-19-8-7-9-20-48)55-35-40-60-57-22-12-15-25-65(57)73(2,3)70(60)46-55/h6-46H,1H2,2-5H3. The molecule has 1 spiro atoms. The first-order valence-electron chi connectivity index (χ1n) is 26.8. The van der Waals surface area contributed by atoms with Crippen molar-refractivity contribution in [2.75, 3.05) is 4.90 Å². The fourth-order valence-electron chi connectivity index (χ4n) is 14.2. The number of rotatable bonds is 7. The molecule has 0 fully saturated rings. The number of nitrogens with zero attached hydrogens (tertiary/aromatic N) is 1. The Morgan fingerprint density at radius 2 is 0.671 bits per heavy atom. The van der Waals surface area contributed by atoms with Gasteiger partial charge in [-0.15, -0.1) is 0 Å². The summed E-state index contributed by atoms with van der Waals surface area (Å²) < 4.78 is 0. The van der Waals surface area contributed by atoms with Gasteiger partial charge in [-0.1, -0.05) is 228 Å². The Balaban J connectivity index is 0.859. The Kier molecular flexibility index (Phi) is 9.49. The third kappa shape index (κ3) is 6.14. The summed E-state index contributed by atoms with van der Waals surface area (Å²) >= 11 is 0. The molecule has 4 aliphatic carbocycles. The molecule has 11 aromatic carbocycles. The summed E-state index contributed by atoms with van der Waals surface area (Å²) in [5, 5.41) is 0. The first-order chi connectivity index (χ1) is 37.1. The van der Waals surface area contributed by atoms with Gasteiger partial charge in [0.15, 0.2) is 0 Å². The zero-order chi connectivity index (χ0) is 51.1. The highest BCUT2D eigenvalue weighted by atomic mass is 15.1. The van der Waals surface area contributed by atoms with Crippen molar-refractivity contribution in [3.05, 3.63) is 299 Å². The molecule has 0 N–H and O–H groups in total. The van der Waals surface area contributed by atoms with E-state index in [0.717, 1.165) is 22.6 Å². The summed E-state index contributed by atoms with van der Waals surface area (Å²) in [6, 6.07) is 91.6. The highest BCUT2D eigenvalue weighted by molar-refractivity contribution is 5.98. The van der Waals surface area contributed by atoms with Gasteiger partial charge in [-0.25, -0.2) is 0 Å². The minimum absolute atomic E-state index is 0.124. The maximum atomic E-state index is 4.19. The van der Waals surface area contributed by atoms with Crippen molar-refractivity contribution in [1.82, 2.24) is 0 Å². The van der Waals surface area contributed by atoms with Gasteiger partial charge in [-0.3, -0.25) is 0 Å². The van der Waals surface area contributed by atoms with Gasteiger partial charge in [0.05, 0.1) is 5.41 Å². The highest BCUT2D eigenvalue weighted by Crippen LogP contribution is 2.64. The van der Waals surface area contributed by atoms with Crippen LogP contribution in [-0.4, -0.2) is 0 Å². The Bertz CT molecular complexity index is 4230. The second-order valence-corrected chi connectivity index (χ2v) is 22.4. The van der Waals surface area contributed by atoms with E-state index in [-0.39, 0.29) is 10.8 Å². The Morgan fingerprint density at radius 1 is 0.276 bits per heavy atom. The molecule has 1 atom stereocenters. The first-order valence-corrected chi connectivity index (χ1v) is 26.8. The normalized spacial score (nSPS) is 15.9. The predicted octanol–water partition coefficient (Wildman–Crippen LogP) is 19.8. The van der Waals surface area contributed by atoms with E-state index in [0.29, 0.717) is 0 Å². The molecule has 0 aliphatic heterocycles. The smallest absolute Gasteiger partial charge is 0.0725 e. The number of fused-ring (bicyclic) bond motifs is 16. The maximum absolute atomic E-state index is 4.19. The van der Waals surface area contributed by atoms with Crippen LogP contribution < -0.4 is 4.90 Å². The Hall–Kier alpha value is -9.04. The topological polar surface area (TPSA) is 3.24 Å². The van der Waals surface area contributed by atoms with Crippen LogP contribution in [0.1, 0.15) is 77.8 Å². The molecule has 11 aromatic rings. The van der Waals surface area contributed by atoms with Crippen molar-refractivity contribution in [1.29, 1.82) is 0 Å². The summed E-state index contributed by atoms with van der Waals surface area (Å²) in [5.41, 5.74) is 32.3. The zero-order valence-electron chi connectivity index (χ0n) is 43.3. The summed E-state index contributed by atoms with van der Waals surface area (Å²) in [4.78, 5) is 2.46. The average molecular weight is 970 g/mol. The SMILES string of the molecule is C=Cc1ccccc1-c1ccc2c(c1)C1(c3ccccc3-c3ccc(-c4ccc5c(c4)C(C)(C)c4ccc(N(c6ccc(-c7ccccc7)cc6)c6ccc7c(c6)C(C)(C)c6ccccc6-7)cc4-5)cc31)c1ccccc1-2. The molecule has 0 bridgehead atoms. The molecule has 1 heteroatoms. The van der Waals surface area contributed by atoms with Gasteiger partial charge in [-0.2, -0.15) is 0 Å². The molecule has 0 saturated heterocycles. The Labute approximate surface area is 446 Å². The van der Waals surface area contributed by atoms with Gasteiger partial charge < -0.3 is 4.90 Å². The molecule has 0 aromatic heterocycles. The van der Waals surface area contributed by atoms with Crippen molar-refractivity contribution in [3.63, 3.8) is 0 Å². The van der Waals surface area contributed by atoms with Crippen LogP contribution in [0.25, 0.3) is 84.0 Å². The van der Waals surface area contributed by atoms with Gasteiger partial charge in [0.2, 0.25) is 0 Å². The minimum atomic E-state index is -0.484. The molecule has 15 rings (SSSR count). The molecule has 0 amide bonds. The Morgan fingerprint density at radius 3 is 1.32 bits per heavy atom. The monoisotopic (exact) mass is 969 g/mol. The molecule has 1 nitrogen and oxygen atoms in total. The molecule has 0 heterocycles. The van der Waals surface area contributed by atoms with Crippen molar-refractivity contribution in [3.8, 4) is 77.9 Å². The second kappa shape index (κ2) is 16.2. The fraction of sp³-hybridized carbons (Fsp3) is 0.0933.